The number of hydrogen-bond donors (Lipinski definition) is 0. The lowest BCUT2D eigenvalue weighted by Gasteiger charge is -2.22. The van der Waals surface area contributed by atoms with Crippen molar-refractivity contribution in [1.82, 2.24) is 4.98 Å². The fourth-order valence-electron chi connectivity index (χ4n) is 3.72. The maximum atomic E-state index is 13.1. The maximum absolute atomic E-state index is 13.1. The molecule has 1 aliphatic heterocycles. The molecule has 2 amide bonds. The Kier molecular flexibility index (Phi) is 4.69. The number of nitrogens with zero attached hydrogens (tertiary/aromatic N) is 3. The molecule has 6 heteroatoms. The second-order valence-corrected chi connectivity index (χ2v) is 6.83. The first kappa shape index (κ1) is 18.0. The van der Waals surface area contributed by atoms with Gasteiger partial charge in [0, 0.05) is 31.6 Å². The van der Waals surface area contributed by atoms with Crippen LogP contribution >= 0.6 is 0 Å². The summed E-state index contributed by atoms with van der Waals surface area (Å²) in [5.41, 5.74) is 0.844. The highest BCUT2D eigenvalue weighted by Crippen LogP contribution is 2.33. The number of hydrogen-bond acceptors (Lipinski definition) is 4. The second kappa shape index (κ2) is 7.31. The number of fused-ring (bicyclic) bond motifs is 1. The van der Waals surface area contributed by atoms with Crippen molar-refractivity contribution in [1.29, 1.82) is 0 Å². The van der Waals surface area contributed by atoms with E-state index in [2.05, 4.69) is 4.98 Å². The molecule has 4 rings (SSSR count). The third-order valence-corrected chi connectivity index (χ3v) is 5.15. The highest BCUT2D eigenvalue weighted by Gasteiger charge is 2.37. The number of rotatable bonds is 4. The van der Waals surface area contributed by atoms with E-state index in [-0.39, 0.29) is 18.2 Å². The molecule has 2 aromatic carbocycles. The molecule has 3 aromatic rings. The van der Waals surface area contributed by atoms with Crippen molar-refractivity contribution in [2.45, 2.75) is 6.42 Å². The SMILES string of the molecule is COc1cccnc1N(C)C(=O)C1CC(=O)N(c2cccc3ccccc23)C1. The van der Waals surface area contributed by atoms with Crippen molar-refractivity contribution < 1.29 is 14.3 Å². The van der Waals surface area contributed by atoms with E-state index < -0.39 is 5.92 Å². The van der Waals surface area contributed by atoms with Gasteiger partial charge in [-0.1, -0.05) is 36.4 Å². The quantitative estimate of drug-likeness (QED) is 0.702. The third-order valence-electron chi connectivity index (χ3n) is 5.15. The number of pyridine rings is 1. The van der Waals surface area contributed by atoms with E-state index >= 15 is 0 Å². The van der Waals surface area contributed by atoms with E-state index in [0.717, 1.165) is 16.5 Å². The molecule has 0 N–H and O–H groups in total. The van der Waals surface area contributed by atoms with Crippen molar-refractivity contribution in [3.05, 3.63) is 60.8 Å². The molecule has 0 bridgehead atoms. The van der Waals surface area contributed by atoms with E-state index in [1.165, 1.54) is 4.90 Å². The van der Waals surface area contributed by atoms with Crippen molar-refractivity contribution in [2.24, 2.45) is 5.92 Å². The van der Waals surface area contributed by atoms with Gasteiger partial charge in [-0.25, -0.2) is 4.98 Å². The average Bonchev–Trinajstić information content (AvgIpc) is 3.13. The molecule has 1 fully saturated rings. The molecule has 0 saturated carbocycles. The van der Waals surface area contributed by atoms with Crippen LogP contribution in [0.3, 0.4) is 0 Å². The largest absolute Gasteiger partial charge is 0.493 e. The zero-order chi connectivity index (χ0) is 19.7. The Balaban J connectivity index is 1.60. The fraction of sp³-hybridized carbons (Fsp3) is 0.227. The summed E-state index contributed by atoms with van der Waals surface area (Å²) in [4.78, 5) is 33.2. The van der Waals surface area contributed by atoms with Crippen molar-refractivity contribution in [3.63, 3.8) is 0 Å². The van der Waals surface area contributed by atoms with Crippen LogP contribution in [-0.4, -0.2) is 37.5 Å². The molecule has 0 radical (unpaired) electrons. The standard InChI is InChI=1S/C22H21N3O3/c1-24(21-19(28-2)11-6-12-23-21)22(27)16-13-20(26)25(14-16)18-10-5-8-15-7-3-4-9-17(15)18/h3-12,16H,13-14H2,1-2H3. The van der Waals surface area contributed by atoms with Crippen LogP contribution in [0.5, 0.6) is 5.75 Å². The van der Waals surface area contributed by atoms with E-state index in [4.69, 9.17) is 4.74 Å². The maximum Gasteiger partial charge on any atom is 0.233 e. The van der Waals surface area contributed by atoms with Gasteiger partial charge in [0.15, 0.2) is 11.6 Å². The van der Waals surface area contributed by atoms with Crippen LogP contribution in [-0.2, 0) is 9.59 Å². The lowest BCUT2D eigenvalue weighted by Crippen LogP contribution is -2.35. The van der Waals surface area contributed by atoms with E-state index in [9.17, 15) is 9.59 Å². The summed E-state index contributed by atoms with van der Waals surface area (Å²) in [6, 6.07) is 17.3. The fourth-order valence-corrected chi connectivity index (χ4v) is 3.72. The van der Waals surface area contributed by atoms with Crippen LogP contribution in [0, 0.1) is 5.92 Å². The zero-order valence-corrected chi connectivity index (χ0v) is 15.8. The summed E-state index contributed by atoms with van der Waals surface area (Å²) < 4.78 is 5.31. The van der Waals surface area contributed by atoms with E-state index in [1.54, 1.807) is 37.4 Å². The highest BCUT2D eigenvalue weighted by atomic mass is 16.5. The van der Waals surface area contributed by atoms with Gasteiger partial charge in [0.05, 0.1) is 18.7 Å². The van der Waals surface area contributed by atoms with Gasteiger partial charge in [0.1, 0.15) is 0 Å². The predicted octanol–water partition coefficient (Wildman–Crippen LogP) is 3.26. The van der Waals surface area contributed by atoms with Crippen LogP contribution in [0.25, 0.3) is 10.8 Å². The average molecular weight is 375 g/mol. The number of benzene rings is 2. The van der Waals surface area contributed by atoms with Crippen molar-refractivity contribution in [2.75, 3.05) is 30.5 Å². The van der Waals surface area contributed by atoms with Gasteiger partial charge in [-0.05, 0) is 23.6 Å². The van der Waals surface area contributed by atoms with Crippen LogP contribution < -0.4 is 14.5 Å². The van der Waals surface area contributed by atoms with E-state index in [1.807, 2.05) is 42.5 Å². The van der Waals surface area contributed by atoms with Crippen molar-refractivity contribution >= 4 is 34.1 Å². The molecular weight excluding hydrogens is 354 g/mol. The predicted molar refractivity (Wildman–Crippen MR) is 109 cm³/mol. The topological polar surface area (TPSA) is 62.7 Å². The van der Waals surface area contributed by atoms with Crippen molar-refractivity contribution in [3.8, 4) is 5.75 Å². The van der Waals surface area contributed by atoms with Crippen LogP contribution in [0.2, 0.25) is 0 Å². The number of aromatic nitrogens is 1. The van der Waals surface area contributed by atoms with Gasteiger partial charge >= 0.3 is 0 Å². The van der Waals surface area contributed by atoms with Gasteiger partial charge in [0.25, 0.3) is 0 Å². The van der Waals surface area contributed by atoms with Gasteiger partial charge < -0.3 is 9.64 Å². The summed E-state index contributed by atoms with van der Waals surface area (Å²) in [6.45, 7) is 0.352. The molecular formula is C22H21N3O3. The zero-order valence-electron chi connectivity index (χ0n) is 15.8. The molecule has 0 spiro atoms. The minimum atomic E-state index is -0.428. The Bertz CT molecular complexity index is 1040. The van der Waals surface area contributed by atoms with Gasteiger partial charge in [-0.3, -0.25) is 14.5 Å². The number of carbonyl (C=O) groups excluding carboxylic acids is 2. The molecule has 1 aliphatic rings. The van der Waals surface area contributed by atoms with Gasteiger partial charge in [-0.15, -0.1) is 0 Å². The van der Waals surface area contributed by atoms with Crippen LogP contribution in [0.1, 0.15) is 6.42 Å². The number of anilines is 2. The van der Waals surface area contributed by atoms with Gasteiger partial charge in [0.2, 0.25) is 11.8 Å². The Labute approximate surface area is 163 Å². The lowest BCUT2D eigenvalue weighted by atomic mass is 10.1. The Hall–Kier alpha value is -3.41. The summed E-state index contributed by atoms with van der Waals surface area (Å²) >= 11 is 0. The number of amides is 2. The third kappa shape index (κ3) is 3.07. The number of carbonyl (C=O) groups is 2. The molecule has 1 saturated heterocycles. The normalized spacial score (nSPS) is 16.4. The highest BCUT2D eigenvalue weighted by molar-refractivity contribution is 6.08. The Morgan fingerprint density at radius 3 is 2.75 bits per heavy atom. The minimum absolute atomic E-state index is 0.0453. The molecule has 142 valence electrons. The monoisotopic (exact) mass is 375 g/mol. The summed E-state index contributed by atoms with van der Waals surface area (Å²) in [7, 11) is 3.21. The molecule has 1 unspecified atom stereocenters. The molecule has 28 heavy (non-hydrogen) atoms. The molecule has 6 nitrogen and oxygen atoms in total. The molecule has 1 aromatic heterocycles. The molecule has 1 atom stereocenters. The first-order chi connectivity index (χ1) is 13.6. The van der Waals surface area contributed by atoms with Gasteiger partial charge in [-0.2, -0.15) is 0 Å². The smallest absolute Gasteiger partial charge is 0.233 e. The number of methoxy groups -OCH3 is 1. The van der Waals surface area contributed by atoms with Crippen LogP contribution in [0.15, 0.2) is 60.8 Å². The second-order valence-electron chi connectivity index (χ2n) is 6.83. The summed E-state index contributed by atoms with van der Waals surface area (Å²) in [5, 5.41) is 2.07. The Morgan fingerprint density at radius 2 is 1.93 bits per heavy atom. The number of ether oxygens (including phenoxy) is 1. The van der Waals surface area contributed by atoms with Crippen LogP contribution in [0.4, 0.5) is 11.5 Å². The summed E-state index contributed by atoms with van der Waals surface area (Å²) in [6.07, 6.45) is 1.80. The van der Waals surface area contributed by atoms with E-state index in [0.29, 0.717) is 18.1 Å². The molecule has 2 heterocycles. The Morgan fingerprint density at radius 1 is 1.14 bits per heavy atom. The summed E-state index contributed by atoms with van der Waals surface area (Å²) in [5.74, 6) is 0.354. The minimum Gasteiger partial charge on any atom is -0.493 e. The molecule has 0 aliphatic carbocycles. The first-order valence-corrected chi connectivity index (χ1v) is 9.15. The first-order valence-electron chi connectivity index (χ1n) is 9.15. The lowest BCUT2D eigenvalue weighted by molar-refractivity contribution is -0.124.